The van der Waals surface area contributed by atoms with Crippen molar-refractivity contribution in [1.82, 2.24) is 5.32 Å². The summed E-state index contributed by atoms with van der Waals surface area (Å²) in [6.45, 7) is 4.25. The predicted molar refractivity (Wildman–Crippen MR) is 69.0 cm³/mol. The van der Waals surface area contributed by atoms with Gasteiger partial charge in [-0.3, -0.25) is 4.79 Å². The highest BCUT2D eigenvalue weighted by Crippen LogP contribution is 2.32. The minimum atomic E-state index is -1.08. The van der Waals surface area contributed by atoms with Crippen molar-refractivity contribution < 1.29 is 14.7 Å². The van der Waals surface area contributed by atoms with Crippen LogP contribution < -0.4 is 11.1 Å². The lowest BCUT2D eigenvalue weighted by Crippen LogP contribution is -2.58. The maximum Gasteiger partial charge on any atom is 0.329 e. The molecule has 0 heterocycles. The molecule has 1 rings (SSSR count). The van der Waals surface area contributed by atoms with Crippen molar-refractivity contribution in [3.63, 3.8) is 0 Å². The highest BCUT2D eigenvalue weighted by atomic mass is 16.4. The van der Waals surface area contributed by atoms with Crippen molar-refractivity contribution in [2.75, 3.05) is 6.54 Å². The van der Waals surface area contributed by atoms with Gasteiger partial charge in [0, 0.05) is 12.5 Å². The van der Waals surface area contributed by atoms with Crippen molar-refractivity contribution in [2.24, 2.45) is 17.6 Å². The van der Waals surface area contributed by atoms with Crippen molar-refractivity contribution in [2.45, 2.75) is 51.5 Å². The molecular weight excluding hydrogens is 232 g/mol. The van der Waals surface area contributed by atoms with Crippen LogP contribution in [0.1, 0.15) is 46.0 Å². The Labute approximate surface area is 108 Å². The maximum atomic E-state index is 12.0. The highest BCUT2D eigenvalue weighted by Gasteiger charge is 2.43. The van der Waals surface area contributed by atoms with Crippen LogP contribution in [0, 0.1) is 11.8 Å². The topological polar surface area (TPSA) is 92.4 Å². The Morgan fingerprint density at radius 2 is 2.00 bits per heavy atom. The fourth-order valence-corrected chi connectivity index (χ4v) is 2.44. The molecule has 1 amide bonds. The maximum absolute atomic E-state index is 12.0. The average molecular weight is 256 g/mol. The van der Waals surface area contributed by atoms with Gasteiger partial charge in [0.15, 0.2) is 0 Å². The van der Waals surface area contributed by atoms with E-state index in [0.29, 0.717) is 25.2 Å². The second kappa shape index (κ2) is 6.18. The van der Waals surface area contributed by atoms with Crippen LogP contribution in [0.2, 0.25) is 0 Å². The van der Waals surface area contributed by atoms with E-state index >= 15 is 0 Å². The van der Waals surface area contributed by atoms with E-state index in [4.69, 9.17) is 5.73 Å². The summed E-state index contributed by atoms with van der Waals surface area (Å²) in [5, 5.41) is 12.1. The minimum absolute atomic E-state index is 0.225. The monoisotopic (exact) mass is 256 g/mol. The zero-order chi connectivity index (χ0) is 13.8. The van der Waals surface area contributed by atoms with Crippen LogP contribution in [0.3, 0.4) is 0 Å². The Kier molecular flexibility index (Phi) is 5.14. The second-order valence-electron chi connectivity index (χ2n) is 5.40. The van der Waals surface area contributed by atoms with E-state index in [0.717, 1.165) is 12.8 Å². The Balaban J connectivity index is 2.75. The van der Waals surface area contributed by atoms with Crippen molar-refractivity contribution in [3.05, 3.63) is 0 Å². The molecule has 1 saturated carbocycles. The Hall–Kier alpha value is -1.10. The van der Waals surface area contributed by atoms with Gasteiger partial charge in [0.2, 0.25) is 5.91 Å². The van der Waals surface area contributed by atoms with Gasteiger partial charge in [-0.1, -0.05) is 13.8 Å². The number of rotatable bonds is 5. The van der Waals surface area contributed by atoms with Crippen LogP contribution in [-0.4, -0.2) is 29.1 Å². The molecule has 0 spiro atoms. The van der Waals surface area contributed by atoms with Gasteiger partial charge in [-0.15, -0.1) is 0 Å². The summed E-state index contributed by atoms with van der Waals surface area (Å²) >= 11 is 0. The first kappa shape index (κ1) is 15.0. The van der Waals surface area contributed by atoms with Gasteiger partial charge in [-0.25, -0.2) is 4.79 Å². The smallest absolute Gasteiger partial charge is 0.329 e. The molecule has 0 aromatic carbocycles. The van der Waals surface area contributed by atoms with Crippen LogP contribution >= 0.6 is 0 Å². The number of nitrogens with one attached hydrogen (secondary N) is 1. The Bertz CT molecular complexity index is 305. The summed E-state index contributed by atoms with van der Waals surface area (Å²) < 4.78 is 0. The van der Waals surface area contributed by atoms with E-state index in [9.17, 15) is 14.7 Å². The van der Waals surface area contributed by atoms with E-state index in [1.807, 2.05) is 6.92 Å². The normalized spacial score (nSPS) is 29.6. The number of hydrogen-bond donors (Lipinski definition) is 3. The molecule has 4 N–H and O–H groups in total. The second-order valence-corrected chi connectivity index (χ2v) is 5.40. The summed E-state index contributed by atoms with van der Waals surface area (Å²) in [6.07, 6.45) is 3.33. The third-order valence-electron chi connectivity index (χ3n) is 4.05. The van der Waals surface area contributed by atoms with Gasteiger partial charge < -0.3 is 16.2 Å². The number of aliphatic carboxylic acids is 1. The van der Waals surface area contributed by atoms with Crippen molar-refractivity contribution in [1.29, 1.82) is 0 Å². The average Bonchev–Trinajstić information content (AvgIpc) is 2.33. The first-order valence-corrected chi connectivity index (χ1v) is 6.70. The zero-order valence-electron chi connectivity index (χ0n) is 11.2. The van der Waals surface area contributed by atoms with Crippen LogP contribution in [0.25, 0.3) is 0 Å². The first-order chi connectivity index (χ1) is 8.45. The molecule has 1 aliphatic carbocycles. The number of nitrogens with two attached hydrogens (primary N) is 1. The van der Waals surface area contributed by atoms with Crippen LogP contribution in [0.5, 0.6) is 0 Å². The fraction of sp³-hybridized carbons (Fsp3) is 0.846. The molecule has 0 saturated heterocycles. The zero-order valence-corrected chi connectivity index (χ0v) is 11.2. The van der Waals surface area contributed by atoms with Crippen LogP contribution in [0.15, 0.2) is 0 Å². The highest BCUT2D eigenvalue weighted by molar-refractivity contribution is 5.88. The van der Waals surface area contributed by atoms with E-state index in [2.05, 4.69) is 12.2 Å². The van der Waals surface area contributed by atoms with Gasteiger partial charge in [0.25, 0.3) is 0 Å². The molecule has 1 atom stereocenters. The summed E-state index contributed by atoms with van der Waals surface area (Å²) in [5.74, 6) is -0.905. The van der Waals surface area contributed by atoms with Gasteiger partial charge in [-0.2, -0.15) is 0 Å². The molecule has 1 unspecified atom stereocenters. The molecule has 0 bridgehead atoms. The summed E-state index contributed by atoms with van der Waals surface area (Å²) in [5.41, 5.74) is 4.45. The number of carbonyl (C=O) groups excluding carboxylic acids is 1. The molecular formula is C13H24N2O3. The lowest BCUT2D eigenvalue weighted by molar-refractivity contribution is -0.150. The molecule has 1 aliphatic rings. The Morgan fingerprint density at radius 3 is 2.39 bits per heavy atom. The summed E-state index contributed by atoms with van der Waals surface area (Å²) in [7, 11) is 0. The SMILES string of the molecule is CCC(CN)C(=O)NC1(C(=O)O)CCC(C)CC1. The minimum Gasteiger partial charge on any atom is -0.480 e. The molecule has 5 nitrogen and oxygen atoms in total. The van der Waals surface area contributed by atoms with Crippen molar-refractivity contribution >= 4 is 11.9 Å². The van der Waals surface area contributed by atoms with Crippen LogP contribution in [-0.2, 0) is 9.59 Å². The van der Waals surface area contributed by atoms with E-state index in [1.165, 1.54) is 0 Å². The van der Waals surface area contributed by atoms with Gasteiger partial charge >= 0.3 is 5.97 Å². The van der Waals surface area contributed by atoms with Crippen LogP contribution in [0.4, 0.5) is 0 Å². The molecule has 0 radical (unpaired) electrons. The number of carboxylic acid groups (broad SMARTS) is 1. The number of carbonyl (C=O) groups is 2. The van der Waals surface area contributed by atoms with Gasteiger partial charge in [0.05, 0.1) is 0 Å². The largest absolute Gasteiger partial charge is 0.480 e. The fourth-order valence-electron chi connectivity index (χ4n) is 2.44. The first-order valence-electron chi connectivity index (χ1n) is 6.70. The van der Waals surface area contributed by atoms with Crippen molar-refractivity contribution in [3.8, 4) is 0 Å². The Morgan fingerprint density at radius 1 is 1.44 bits per heavy atom. The van der Waals surface area contributed by atoms with E-state index in [-0.39, 0.29) is 18.4 Å². The third kappa shape index (κ3) is 3.22. The molecule has 104 valence electrons. The van der Waals surface area contributed by atoms with Gasteiger partial charge in [0.1, 0.15) is 5.54 Å². The number of hydrogen-bond acceptors (Lipinski definition) is 3. The number of amides is 1. The lowest BCUT2D eigenvalue weighted by atomic mass is 9.77. The van der Waals surface area contributed by atoms with E-state index in [1.54, 1.807) is 0 Å². The molecule has 0 aliphatic heterocycles. The lowest BCUT2D eigenvalue weighted by Gasteiger charge is -2.37. The van der Waals surface area contributed by atoms with E-state index < -0.39 is 11.5 Å². The molecule has 1 fully saturated rings. The van der Waals surface area contributed by atoms with Gasteiger partial charge in [-0.05, 0) is 38.0 Å². The quantitative estimate of drug-likeness (QED) is 0.687. The number of carboxylic acids is 1. The molecule has 0 aromatic rings. The molecule has 5 heteroatoms. The summed E-state index contributed by atoms with van der Waals surface area (Å²) in [4.78, 5) is 23.5. The molecule has 0 aromatic heterocycles. The summed E-state index contributed by atoms with van der Waals surface area (Å²) in [6, 6.07) is 0. The standard InChI is InChI=1S/C13H24N2O3/c1-3-10(8-14)11(16)15-13(12(17)18)6-4-9(2)5-7-13/h9-10H,3-8,14H2,1-2H3,(H,15,16)(H,17,18). The third-order valence-corrected chi connectivity index (χ3v) is 4.05. The molecule has 18 heavy (non-hydrogen) atoms. The predicted octanol–water partition coefficient (Wildman–Crippen LogP) is 1.12.